The highest BCUT2D eigenvalue weighted by Gasteiger charge is 2.49. The van der Waals surface area contributed by atoms with E-state index in [4.69, 9.17) is 14.5 Å². The lowest BCUT2D eigenvalue weighted by Gasteiger charge is -2.34. The average molecular weight is 634 g/mol. The molecule has 4 atom stereocenters. The maximum Gasteiger partial charge on any atom is 0.319 e. The molecule has 4 saturated heterocycles. The molecule has 4 aliphatic rings. The van der Waals surface area contributed by atoms with E-state index >= 15 is 8.78 Å². The first-order chi connectivity index (χ1) is 22.3. The van der Waals surface area contributed by atoms with Gasteiger partial charge in [-0.15, -0.1) is 0 Å². The minimum Gasteiger partial charge on any atom is -0.508 e. The molecule has 0 spiro atoms. The van der Waals surface area contributed by atoms with Crippen LogP contribution in [0.25, 0.3) is 32.8 Å². The van der Waals surface area contributed by atoms with Crippen LogP contribution in [0.15, 0.2) is 36.4 Å². The summed E-state index contributed by atoms with van der Waals surface area (Å²) < 4.78 is 59.4. The van der Waals surface area contributed by atoms with E-state index in [1.54, 1.807) is 13.2 Å². The number of nitrogens with one attached hydrogen (secondary N) is 1. The Labute approximate surface area is 265 Å². The highest BCUT2D eigenvalue weighted by atomic mass is 19.1. The maximum absolute atomic E-state index is 17.0. The minimum absolute atomic E-state index is 0.00470. The molecule has 0 amide bonds. The van der Waals surface area contributed by atoms with Crippen molar-refractivity contribution in [1.29, 1.82) is 0 Å². The van der Waals surface area contributed by atoms with Crippen molar-refractivity contribution >= 4 is 27.5 Å². The third kappa shape index (κ3) is 5.03. The molecule has 0 radical (unpaired) electrons. The Morgan fingerprint density at radius 1 is 1.09 bits per heavy atom. The Kier molecular flexibility index (Phi) is 7.45. The smallest absolute Gasteiger partial charge is 0.319 e. The zero-order chi connectivity index (χ0) is 31.6. The second-order valence-corrected chi connectivity index (χ2v) is 13.4. The summed E-state index contributed by atoms with van der Waals surface area (Å²) in [5, 5.41) is 15.8. The van der Waals surface area contributed by atoms with Crippen LogP contribution in [0, 0.1) is 11.6 Å². The summed E-state index contributed by atoms with van der Waals surface area (Å²) in [6.07, 6.45) is 3.82. The van der Waals surface area contributed by atoms with Crippen molar-refractivity contribution in [2.45, 2.75) is 62.3 Å². The molecule has 5 heterocycles. The number of alkyl halides is 1. The fourth-order valence-corrected chi connectivity index (χ4v) is 8.44. The van der Waals surface area contributed by atoms with E-state index in [0.29, 0.717) is 55.7 Å². The van der Waals surface area contributed by atoms with Crippen molar-refractivity contribution in [3.63, 3.8) is 0 Å². The summed E-state index contributed by atoms with van der Waals surface area (Å²) in [5.41, 5.74) is 0.328. The summed E-state index contributed by atoms with van der Waals surface area (Å²) in [7, 11) is 1.60. The number of hydrogen-bond donors (Lipinski definition) is 2. The van der Waals surface area contributed by atoms with E-state index in [0.717, 1.165) is 37.8 Å². The van der Waals surface area contributed by atoms with Gasteiger partial charge >= 0.3 is 6.01 Å². The molecule has 2 N–H and O–H groups in total. The van der Waals surface area contributed by atoms with Gasteiger partial charge in [-0.3, -0.25) is 4.90 Å². The van der Waals surface area contributed by atoms with Gasteiger partial charge in [0, 0.05) is 50.6 Å². The van der Waals surface area contributed by atoms with Crippen LogP contribution in [-0.2, 0) is 11.2 Å². The molecule has 46 heavy (non-hydrogen) atoms. The Bertz CT molecular complexity index is 1810. The average Bonchev–Trinajstić information content (AvgIpc) is 3.68. The molecule has 1 aromatic heterocycles. The lowest BCUT2D eigenvalue weighted by Crippen LogP contribution is -2.51. The van der Waals surface area contributed by atoms with Gasteiger partial charge in [-0.05, 0) is 78.7 Å². The first kappa shape index (κ1) is 29.7. The highest BCUT2D eigenvalue weighted by Crippen LogP contribution is 2.43. The molecule has 11 heteroatoms. The number of methoxy groups -OCH3 is 1. The first-order valence-electron chi connectivity index (χ1n) is 16.3. The normalized spacial score (nSPS) is 26.0. The van der Waals surface area contributed by atoms with Crippen LogP contribution in [0.2, 0.25) is 0 Å². The van der Waals surface area contributed by atoms with Crippen molar-refractivity contribution < 1.29 is 27.8 Å². The van der Waals surface area contributed by atoms with E-state index in [1.807, 2.05) is 18.2 Å². The molecule has 0 aliphatic carbocycles. The SMILES string of the molecule is COCCc1cccc2cc(O)cc(-c3c(F)cc4c(N5CC6CCC(C5)N6)nc(OCC56CCCN5CC(F)C6)nc4c3F)c12. The predicted octanol–water partition coefficient (Wildman–Crippen LogP) is 5.52. The van der Waals surface area contributed by atoms with Gasteiger partial charge in [0.15, 0.2) is 5.82 Å². The molecule has 0 saturated carbocycles. The van der Waals surface area contributed by atoms with E-state index < -0.39 is 23.3 Å². The van der Waals surface area contributed by atoms with Crippen molar-refractivity contribution in [3.8, 4) is 22.9 Å². The summed E-state index contributed by atoms with van der Waals surface area (Å²) in [6, 6.07) is 10.4. The lowest BCUT2D eigenvalue weighted by molar-refractivity contribution is 0.107. The largest absolute Gasteiger partial charge is 0.508 e. The Balaban J connectivity index is 1.28. The van der Waals surface area contributed by atoms with Gasteiger partial charge < -0.3 is 24.8 Å². The van der Waals surface area contributed by atoms with Crippen molar-refractivity contribution in [3.05, 3.63) is 53.6 Å². The highest BCUT2D eigenvalue weighted by molar-refractivity contribution is 6.03. The molecule has 4 aromatic rings. The van der Waals surface area contributed by atoms with E-state index in [-0.39, 0.29) is 52.5 Å². The Morgan fingerprint density at radius 2 is 1.91 bits per heavy atom. The number of aromatic hydroxyl groups is 1. The van der Waals surface area contributed by atoms with Gasteiger partial charge in [0.25, 0.3) is 0 Å². The number of benzene rings is 3. The predicted molar refractivity (Wildman–Crippen MR) is 170 cm³/mol. The number of hydrogen-bond acceptors (Lipinski definition) is 8. The van der Waals surface area contributed by atoms with E-state index in [1.165, 1.54) is 12.1 Å². The van der Waals surface area contributed by atoms with Gasteiger partial charge in [-0.1, -0.05) is 18.2 Å². The fourth-order valence-electron chi connectivity index (χ4n) is 8.44. The second kappa shape index (κ2) is 11.5. The Hall–Kier alpha value is -3.67. The number of phenolic OH excluding ortho intramolecular Hbond substituents is 1. The van der Waals surface area contributed by atoms with Crippen LogP contribution in [0.3, 0.4) is 0 Å². The molecule has 2 bridgehead atoms. The molecule has 4 unspecified atom stereocenters. The molecule has 4 fully saturated rings. The third-order valence-electron chi connectivity index (χ3n) is 10.5. The van der Waals surface area contributed by atoms with Crippen LogP contribution >= 0.6 is 0 Å². The monoisotopic (exact) mass is 633 g/mol. The first-order valence-corrected chi connectivity index (χ1v) is 16.3. The standard InChI is InChI=1S/C35H38F3N5O3/c1-45-11-8-20-4-2-5-21-12-25(44)13-26(29(20)21)30-28(37)14-27-32(31(30)38)40-34(41-33(27)42-17-23-6-7-24(18-42)39-23)46-19-35-9-3-10-43(35)16-22(36)15-35/h2,4-5,12-14,22-24,39,44H,3,6-11,15-19H2,1H3. The summed E-state index contributed by atoms with van der Waals surface area (Å²) >= 11 is 0. The molecule has 3 aromatic carbocycles. The lowest BCUT2D eigenvalue weighted by atomic mass is 9.92. The van der Waals surface area contributed by atoms with Crippen molar-refractivity contribution in [2.24, 2.45) is 0 Å². The number of anilines is 1. The van der Waals surface area contributed by atoms with Gasteiger partial charge in [-0.2, -0.15) is 9.97 Å². The Morgan fingerprint density at radius 3 is 2.72 bits per heavy atom. The molecule has 8 nitrogen and oxygen atoms in total. The number of rotatable bonds is 8. The zero-order valence-corrected chi connectivity index (χ0v) is 25.9. The van der Waals surface area contributed by atoms with Gasteiger partial charge in [0.05, 0.1) is 17.7 Å². The van der Waals surface area contributed by atoms with Crippen LogP contribution in [0.5, 0.6) is 11.8 Å². The quantitative estimate of drug-likeness (QED) is 0.263. The number of aromatic nitrogens is 2. The number of fused-ring (bicyclic) bond motifs is 5. The van der Waals surface area contributed by atoms with Crippen LogP contribution in [-0.4, -0.2) is 90.3 Å². The number of halogens is 3. The second-order valence-electron chi connectivity index (χ2n) is 13.4. The molecule has 4 aliphatic heterocycles. The number of piperazine rings is 1. The summed E-state index contributed by atoms with van der Waals surface area (Å²) in [5.74, 6) is -1.28. The molecule has 8 rings (SSSR count). The minimum atomic E-state index is -0.915. The van der Waals surface area contributed by atoms with Crippen molar-refractivity contribution in [1.82, 2.24) is 20.2 Å². The molecule has 242 valence electrons. The van der Waals surface area contributed by atoms with Gasteiger partial charge in [0.1, 0.15) is 35.7 Å². The van der Waals surface area contributed by atoms with Gasteiger partial charge in [-0.25, -0.2) is 13.2 Å². The fraction of sp³-hybridized carbons (Fsp3) is 0.486. The summed E-state index contributed by atoms with van der Waals surface area (Å²) in [4.78, 5) is 13.6. The van der Waals surface area contributed by atoms with E-state index in [9.17, 15) is 9.50 Å². The van der Waals surface area contributed by atoms with Crippen LogP contribution < -0.4 is 15.0 Å². The van der Waals surface area contributed by atoms with Crippen LogP contribution in [0.1, 0.15) is 37.7 Å². The van der Waals surface area contributed by atoms with Gasteiger partial charge in [0.2, 0.25) is 0 Å². The van der Waals surface area contributed by atoms with Crippen molar-refractivity contribution in [2.75, 3.05) is 51.4 Å². The number of phenols is 1. The third-order valence-corrected chi connectivity index (χ3v) is 10.5. The van der Waals surface area contributed by atoms with Crippen LogP contribution in [0.4, 0.5) is 19.0 Å². The zero-order valence-electron chi connectivity index (χ0n) is 25.9. The number of nitrogens with zero attached hydrogens (tertiary/aromatic N) is 4. The summed E-state index contributed by atoms with van der Waals surface area (Å²) in [6.45, 7) is 3.12. The maximum atomic E-state index is 17.0. The molecular weight excluding hydrogens is 595 g/mol. The van der Waals surface area contributed by atoms with E-state index in [2.05, 4.69) is 20.1 Å². The molecular formula is C35H38F3N5O3. The topological polar surface area (TPSA) is 83.0 Å². The number of ether oxygens (including phenoxy) is 2.